The summed E-state index contributed by atoms with van der Waals surface area (Å²) in [6.07, 6.45) is 2.25. The molecule has 0 spiro atoms. The third-order valence-corrected chi connectivity index (χ3v) is 2.60. The standard InChI is InChI=1S/C7H14O4S/c1-12(8,9)6-3-7-10-4-2-5-11-7/h7H,2-6H2,1H3. The van der Waals surface area contributed by atoms with Gasteiger partial charge in [-0.2, -0.15) is 0 Å². The Kier molecular flexibility index (Phi) is 3.49. The Bertz CT molecular complexity index is 216. The Morgan fingerprint density at radius 1 is 1.33 bits per heavy atom. The zero-order valence-electron chi connectivity index (χ0n) is 7.15. The maximum atomic E-state index is 10.8. The van der Waals surface area contributed by atoms with Gasteiger partial charge in [0.25, 0.3) is 0 Å². The average molecular weight is 194 g/mol. The van der Waals surface area contributed by atoms with E-state index >= 15 is 0 Å². The van der Waals surface area contributed by atoms with Crippen molar-refractivity contribution in [3.63, 3.8) is 0 Å². The van der Waals surface area contributed by atoms with E-state index in [0.29, 0.717) is 19.6 Å². The van der Waals surface area contributed by atoms with E-state index in [0.717, 1.165) is 6.42 Å². The summed E-state index contributed by atoms with van der Waals surface area (Å²) < 4.78 is 31.9. The van der Waals surface area contributed by atoms with Gasteiger partial charge in [0.05, 0.1) is 19.0 Å². The molecule has 72 valence electrons. The molecule has 0 aromatic rings. The van der Waals surface area contributed by atoms with E-state index in [-0.39, 0.29) is 12.0 Å². The highest BCUT2D eigenvalue weighted by atomic mass is 32.2. The van der Waals surface area contributed by atoms with E-state index in [1.807, 2.05) is 0 Å². The minimum Gasteiger partial charge on any atom is -0.353 e. The smallest absolute Gasteiger partial charge is 0.158 e. The minimum atomic E-state index is -2.88. The Morgan fingerprint density at radius 2 is 1.92 bits per heavy atom. The van der Waals surface area contributed by atoms with Crippen LogP contribution in [0, 0.1) is 0 Å². The molecule has 5 heteroatoms. The lowest BCUT2D eigenvalue weighted by molar-refractivity contribution is -0.178. The van der Waals surface area contributed by atoms with Gasteiger partial charge in [0.15, 0.2) is 6.29 Å². The van der Waals surface area contributed by atoms with Crippen LogP contribution in [0.3, 0.4) is 0 Å². The number of hydrogen-bond donors (Lipinski definition) is 0. The normalized spacial score (nSPS) is 21.1. The van der Waals surface area contributed by atoms with Crippen LogP contribution in [-0.2, 0) is 19.3 Å². The van der Waals surface area contributed by atoms with Crippen LogP contribution >= 0.6 is 0 Å². The maximum Gasteiger partial charge on any atom is 0.158 e. The van der Waals surface area contributed by atoms with Gasteiger partial charge in [-0.3, -0.25) is 0 Å². The molecule has 0 aromatic carbocycles. The highest BCUT2D eigenvalue weighted by Gasteiger charge is 2.15. The summed E-state index contributed by atoms with van der Waals surface area (Å²) in [5.74, 6) is 0.137. The van der Waals surface area contributed by atoms with Crippen molar-refractivity contribution in [2.45, 2.75) is 19.1 Å². The molecule has 0 radical (unpaired) electrons. The van der Waals surface area contributed by atoms with Crippen molar-refractivity contribution in [3.8, 4) is 0 Å². The van der Waals surface area contributed by atoms with Crippen LogP contribution in [0.25, 0.3) is 0 Å². The van der Waals surface area contributed by atoms with E-state index in [1.165, 1.54) is 6.26 Å². The fourth-order valence-corrected chi connectivity index (χ4v) is 1.63. The molecule has 0 atom stereocenters. The highest BCUT2D eigenvalue weighted by molar-refractivity contribution is 7.90. The first kappa shape index (κ1) is 9.95. The summed E-state index contributed by atoms with van der Waals surface area (Å²) in [5, 5.41) is 0. The second-order valence-corrected chi connectivity index (χ2v) is 5.20. The minimum absolute atomic E-state index is 0.137. The highest BCUT2D eigenvalue weighted by Crippen LogP contribution is 2.09. The topological polar surface area (TPSA) is 52.6 Å². The summed E-state index contributed by atoms with van der Waals surface area (Å²) >= 11 is 0. The maximum absolute atomic E-state index is 10.8. The molecular weight excluding hydrogens is 180 g/mol. The van der Waals surface area contributed by atoms with Crippen molar-refractivity contribution >= 4 is 9.84 Å². The quantitative estimate of drug-likeness (QED) is 0.643. The van der Waals surface area contributed by atoms with E-state index in [4.69, 9.17) is 9.47 Å². The van der Waals surface area contributed by atoms with Crippen molar-refractivity contribution in [2.75, 3.05) is 25.2 Å². The Hall–Kier alpha value is -0.130. The zero-order valence-corrected chi connectivity index (χ0v) is 7.97. The van der Waals surface area contributed by atoms with E-state index in [2.05, 4.69) is 0 Å². The van der Waals surface area contributed by atoms with E-state index in [9.17, 15) is 8.42 Å². The van der Waals surface area contributed by atoms with E-state index in [1.54, 1.807) is 0 Å². The summed E-state index contributed by atoms with van der Waals surface area (Å²) in [7, 11) is -2.88. The molecule has 1 fully saturated rings. The van der Waals surface area contributed by atoms with Gasteiger partial charge < -0.3 is 9.47 Å². The average Bonchev–Trinajstić information content (AvgIpc) is 2.02. The second kappa shape index (κ2) is 4.20. The Morgan fingerprint density at radius 3 is 2.42 bits per heavy atom. The van der Waals surface area contributed by atoms with Crippen molar-refractivity contribution in [2.24, 2.45) is 0 Å². The summed E-state index contributed by atoms with van der Waals surface area (Å²) in [6.45, 7) is 1.35. The predicted octanol–water partition coefficient (Wildman–Crippen LogP) is 0.184. The first-order valence-electron chi connectivity index (χ1n) is 3.99. The molecule has 0 aliphatic carbocycles. The molecular formula is C7H14O4S. The van der Waals surface area contributed by atoms with Gasteiger partial charge in [-0.15, -0.1) is 0 Å². The third-order valence-electron chi connectivity index (χ3n) is 1.62. The first-order chi connectivity index (χ1) is 5.58. The van der Waals surface area contributed by atoms with Crippen LogP contribution in [0.5, 0.6) is 0 Å². The fraction of sp³-hybridized carbons (Fsp3) is 1.00. The van der Waals surface area contributed by atoms with Crippen molar-refractivity contribution in [1.29, 1.82) is 0 Å². The molecule has 1 rings (SSSR count). The molecule has 12 heavy (non-hydrogen) atoms. The molecule has 0 unspecified atom stereocenters. The molecule has 0 amide bonds. The molecule has 1 aliphatic heterocycles. The van der Waals surface area contributed by atoms with Gasteiger partial charge in [-0.1, -0.05) is 0 Å². The van der Waals surface area contributed by atoms with Crippen molar-refractivity contribution < 1.29 is 17.9 Å². The number of sulfone groups is 1. The zero-order chi connectivity index (χ0) is 9.03. The van der Waals surface area contributed by atoms with Crippen LogP contribution in [0.15, 0.2) is 0 Å². The molecule has 1 aliphatic rings. The van der Waals surface area contributed by atoms with Gasteiger partial charge >= 0.3 is 0 Å². The lowest BCUT2D eigenvalue weighted by atomic mass is 10.4. The van der Waals surface area contributed by atoms with Crippen molar-refractivity contribution in [3.05, 3.63) is 0 Å². The molecule has 0 N–H and O–H groups in total. The predicted molar refractivity (Wildman–Crippen MR) is 44.6 cm³/mol. The monoisotopic (exact) mass is 194 g/mol. The van der Waals surface area contributed by atoms with Crippen LogP contribution in [0.4, 0.5) is 0 Å². The summed E-state index contributed by atoms with van der Waals surface area (Å²) in [5.41, 5.74) is 0. The number of rotatable bonds is 3. The van der Waals surface area contributed by atoms with Gasteiger partial charge in [0.1, 0.15) is 9.84 Å². The Balaban J connectivity index is 2.22. The number of hydrogen-bond acceptors (Lipinski definition) is 4. The second-order valence-electron chi connectivity index (χ2n) is 2.94. The van der Waals surface area contributed by atoms with Crippen LogP contribution < -0.4 is 0 Å². The third kappa shape index (κ3) is 4.04. The number of ether oxygens (including phenoxy) is 2. The van der Waals surface area contributed by atoms with Crippen LogP contribution in [0.2, 0.25) is 0 Å². The first-order valence-corrected chi connectivity index (χ1v) is 6.05. The molecule has 0 aromatic heterocycles. The molecule has 4 nitrogen and oxygen atoms in total. The van der Waals surface area contributed by atoms with Crippen LogP contribution in [-0.4, -0.2) is 39.9 Å². The summed E-state index contributed by atoms with van der Waals surface area (Å²) in [4.78, 5) is 0. The van der Waals surface area contributed by atoms with Crippen molar-refractivity contribution in [1.82, 2.24) is 0 Å². The van der Waals surface area contributed by atoms with Gasteiger partial charge in [-0.25, -0.2) is 8.42 Å². The lowest BCUT2D eigenvalue weighted by Gasteiger charge is -2.22. The SMILES string of the molecule is CS(=O)(=O)CCC1OCCCO1. The van der Waals surface area contributed by atoms with Gasteiger partial charge in [-0.05, 0) is 6.42 Å². The van der Waals surface area contributed by atoms with Gasteiger partial charge in [0.2, 0.25) is 0 Å². The van der Waals surface area contributed by atoms with Gasteiger partial charge in [0, 0.05) is 12.7 Å². The van der Waals surface area contributed by atoms with E-state index < -0.39 is 9.84 Å². The summed E-state index contributed by atoms with van der Waals surface area (Å²) in [6, 6.07) is 0. The molecule has 1 heterocycles. The fourth-order valence-electron chi connectivity index (χ4n) is 1.01. The molecule has 0 saturated carbocycles. The molecule has 0 bridgehead atoms. The van der Waals surface area contributed by atoms with Crippen LogP contribution in [0.1, 0.15) is 12.8 Å². The lowest BCUT2D eigenvalue weighted by Crippen LogP contribution is -2.26. The largest absolute Gasteiger partial charge is 0.353 e. The Labute approximate surface area is 72.8 Å². The molecule has 1 saturated heterocycles.